The van der Waals surface area contributed by atoms with E-state index >= 15 is 0 Å². The second kappa shape index (κ2) is 5.64. The number of aromatic nitrogens is 4. The molecule has 0 aliphatic heterocycles. The Kier molecular flexibility index (Phi) is 3.48. The van der Waals surface area contributed by atoms with E-state index in [4.69, 9.17) is 11.6 Å². The van der Waals surface area contributed by atoms with E-state index in [0.29, 0.717) is 22.8 Å². The number of benzene rings is 1. The predicted octanol–water partition coefficient (Wildman–Crippen LogP) is 3.55. The minimum Gasteiger partial charge on any atom is -0.330 e. The summed E-state index contributed by atoms with van der Waals surface area (Å²) in [5.74, 6) is 0.616. The second-order valence-corrected chi connectivity index (χ2v) is 6.38. The molecule has 114 valence electrons. The van der Waals surface area contributed by atoms with Crippen molar-refractivity contribution >= 4 is 33.2 Å². The molecule has 0 aliphatic rings. The number of hydrogen-bond donors (Lipinski definition) is 1. The molecule has 0 atom stereocenters. The number of nitrogens with one attached hydrogen (secondary N) is 1. The zero-order valence-electron chi connectivity index (χ0n) is 11.9. The molecule has 4 aromatic rings. The highest BCUT2D eigenvalue weighted by Gasteiger charge is 2.13. The average molecular weight is 343 g/mol. The van der Waals surface area contributed by atoms with Crippen LogP contribution >= 0.6 is 22.9 Å². The van der Waals surface area contributed by atoms with Crippen molar-refractivity contribution in [2.45, 2.75) is 6.54 Å². The number of thiophene rings is 1. The van der Waals surface area contributed by atoms with Gasteiger partial charge in [0.25, 0.3) is 5.56 Å². The zero-order chi connectivity index (χ0) is 15.8. The number of halogens is 1. The molecular weight excluding hydrogens is 332 g/mol. The molecule has 0 saturated heterocycles. The zero-order valence-corrected chi connectivity index (χ0v) is 13.4. The van der Waals surface area contributed by atoms with Gasteiger partial charge in [0.05, 0.1) is 18.3 Å². The molecule has 1 N–H and O–H groups in total. The van der Waals surface area contributed by atoms with E-state index < -0.39 is 0 Å². The molecule has 3 heterocycles. The van der Waals surface area contributed by atoms with E-state index in [-0.39, 0.29) is 5.56 Å². The van der Waals surface area contributed by atoms with Crippen LogP contribution < -0.4 is 5.56 Å². The van der Waals surface area contributed by atoms with Gasteiger partial charge < -0.3 is 9.55 Å². The molecule has 7 heteroatoms. The van der Waals surface area contributed by atoms with Crippen molar-refractivity contribution < 1.29 is 0 Å². The summed E-state index contributed by atoms with van der Waals surface area (Å²) in [4.78, 5) is 24.7. The number of rotatable bonds is 3. The van der Waals surface area contributed by atoms with Gasteiger partial charge in [-0.2, -0.15) is 0 Å². The van der Waals surface area contributed by atoms with Crippen molar-refractivity contribution in [1.29, 1.82) is 0 Å². The van der Waals surface area contributed by atoms with Crippen LogP contribution in [0.15, 0.2) is 53.2 Å². The summed E-state index contributed by atoms with van der Waals surface area (Å²) < 4.78 is 1.86. The fourth-order valence-corrected chi connectivity index (χ4v) is 3.56. The maximum atomic E-state index is 12.5. The van der Waals surface area contributed by atoms with E-state index in [9.17, 15) is 4.79 Å². The Morgan fingerprint density at radius 1 is 1.26 bits per heavy atom. The van der Waals surface area contributed by atoms with E-state index in [1.807, 2.05) is 40.4 Å². The Morgan fingerprint density at radius 3 is 2.83 bits per heavy atom. The molecule has 1 aromatic carbocycles. The van der Waals surface area contributed by atoms with Gasteiger partial charge in [-0.3, -0.25) is 4.79 Å². The summed E-state index contributed by atoms with van der Waals surface area (Å²) in [6, 6.07) is 7.44. The van der Waals surface area contributed by atoms with Gasteiger partial charge in [0.2, 0.25) is 0 Å². The molecule has 0 spiro atoms. The van der Waals surface area contributed by atoms with Gasteiger partial charge in [0, 0.05) is 28.4 Å². The van der Waals surface area contributed by atoms with Crippen LogP contribution in [0.5, 0.6) is 0 Å². The quantitative estimate of drug-likeness (QED) is 0.619. The van der Waals surface area contributed by atoms with Crippen molar-refractivity contribution in [2.24, 2.45) is 0 Å². The standard InChI is InChI=1S/C16H11ClN4OS/c17-11-3-1-10(2-4-11)12-8-23-16-14(12)15(22)19-13(20-16)7-21-6-5-18-9-21/h1-6,8-9H,7H2,(H,19,20,22). The SMILES string of the molecule is O=c1[nH]c(Cn2ccnc2)nc2scc(-c3ccc(Cl)cc3)c12. The van der Waals surface area contributed by atoms with Crippen molar-refractivity contribution in [3.8, 4) is 11.1 Å². The summed E-state index contributed by atoms with van der Waals surface area (Å²) in [5, 5.41) is 3.24. The van der Waals surface area contributed by atoms with Gasteiger partial charge >= 0.3 is 0 Å². The Balaban J connectivity index is 1.81. The van der Waals surface area contributed by atoms with Crippen molar-refractivity contribution in [3.63, 3.8) is 0 Å². The lowest BCUT2D eigenvalue weighted by Crippen LogP contribution is -2.13. The number of fused-ring (bicyclic) bond motifs is 1. The monoisotopic (exact) mass is 342 g/mol. The highest BCUT2D eigenvalue weighted by atomic mass is 35.5. The van der Waals surface area contributed by atoms with Crippen LogP contribution in [0.3, 0.4) is 0 Å². The van der Waals surface area contributed by atoms with Gasteiger partial charge in [0.15, 0.2) is 0 Å². The van der Waals surface area contributed by atoms with Crippen LogP contribution in [0.25, 0.3) is 21.3 Å². The molecule has 0 fully saturated rings. The molecule has 0 bridgehead atoms. The van der Waals surface area contributed by atoms with Crippen LogP contribution in [0, 0.1) is 0 Å². The van der Waals surface area contributed by atoms with Crippen LogP contribution in [-0.4, -0.2) is 19.5 Å². The fraction of sp³-hybridized carbons (Fsp3) is 0.0625. The number of hydrogen-bond acceptors (Lipinski definition) is 4. The highest BCUT2D eigenvalue weighted by Crippen LogP contribution is 2.31. The van der Waals surface area contributed by atoms with Crippen molar-refractivity contribution in [3.05, 3.63) is 69.6 Å². The number of imidazole rings is 1. The van der Waals surface area contributed by atoms with Gasteiger partial charge in [0.1, 0.15) is 10.7 Å². The number of nitrogens with zero attached hydrogens (tertiary/aromatic N) is 3. The largest absolute Gasteiger partial charge is 0.330 e. The van der Waals surface area contributed by atoms with E-state index in [1.54, 1.807) is 12.5 Å². The first-order chi connectivity index (χ1) is 11.2. The van der Waals surface area contributed by atoms with Crippen LogP contribution in [0.4, 0.5) is 0 Å². The molecule has 0 amide bonds. The minimum atomic E-state index is -0.128. The summed E-state index contributed by atoms with van der Waals surface area (Å²) in [6.07, 6.45) is 5.22. The minimum absolute atomic E-state index is 0.128. The van der Waals surface area contributed by atoms with E-state index in [2.05, 4.69) is 15.0 Å². The molecule has 0 radical (unpaired) electrons. The first-order valence-electron chi connectivity index (χ1n) is 6.93. The third kappa shape index (κ3) is 2.67. The fourth-order valence-electron chi connectivity index (χ4n) is 2.46. The molecular formula is C16H11ClN4OS. The van der Waals surface area contributed by atoms with E-state index in [0.717, 1.165) is 16.0 Å². The molecule has 0 saturated carbocycles. The molecule has 4 rings (SSSR count). The predicted molar refractivity (Wildman–Crippen MR) is 92.0 cm³/mol. The average Bonchev–Trinajstić information content (AvgIpc) is 3.18. The molecule has 5 nitrogen and oxygen atoms in total. The summed E-state index contributed by atoms with van der Waals surface area (Å²) in [5.41, 5.74) is 1.70. The van der Waals surface area contributed by atoms with Gasteiger partial charge in [-0.25, -0.2) is 9.97 Å². The van der Waals surface area contributed by atoms with Crippen molar-refractivity contribution in [1.82, 2.24) is 19.5 Å². The Bertz CT molecular complexity index is 1020. The first-order valence-corrected chi connectivity index (χ1v) is 8.18. The lowest BCUT2D eigenvalue weighted by atomic mass is 10.1. The van der Waals surface area contributed by atoms with Gasteiger partial charge in [-0.15, -0.1) is 11.3 Å². The summed E-state index contributed by atoms with van der Waals surface area (Å²) in [7, 11) is 0. The third-order valence-corrected chi connectivity index (χ3v) is 4.66. The van der Waals surface area contributed by atoms with Gasteiger partial charge in [-0.05, 0) is 17.7 Å². The van der Waals surface area contributed by atoms with Gasteiger partial charge in [-0.1, -0.05) is 23.7 Å². The second-order valence-electron chi connectivity index (χ2n) is 5.08. The molecule has 23 heavy (non-hydrogen) atoms. The summed E-state index contributed by atoms with van der Waals surface area (Å²) >= 11 is 7.39. The smallest absolute Gasteiger partial charge is 0.260 e. The molecule has 0 unspecified atom stereocenters. The maximum Gasteiger partial charge on any atom is 0.260 e. The number of H-pyrrole nitrogens is 1. The molecule has 3 aromatic heterocycles. The molecule has 0 aliphatic carbocycles. The van der Waals surface area contributed by atoms with Crippen LogP contribution in [0.1, 0.15) is 5.82 Å². The normalized spacial score (nSPS) is 11.2. The van der Waals surface area contributed by atoms with Crippen LogP contribution in [0.2, 0.25) is 5.02 Å². The lowest BCUT2D eigenvalue weighted by molar-refractivity contribution is 0.745. The Morgan fingerprint density at radius 2 is 2.09 bits per heavy atom. The topological polar surface area (TPSA) is 63.6 Å². The van der Waals surface area contributed by atoms with Crippen molar-refractivity contribution in [2.75, 3.05) is 0 Å². The Hall–Kier alpha value is -2.44. The van der Waals surface area contributed by atoms with E-state index in [1.165, 1.54) is 11.3 Å². The lowest BCUT2D eigenvalue weighted by Gasteiger charge is -2.03. The summed E-state index contributed by atoms with van der Waals surface area (Å²) in [6.45, 7) is 0.485. The maximum absolute atomic E-state index is 12.5. The first kappa shape index (κ1) is 14.2. The number of aromatic amines is 1. The third-order valence-electron chi connectivity index (χ3n) is 3.54. The van der Waals surface area contributed by atoms with Crippen LogP contribution in [-0.2, 0) is 6.54 Å². The highest BCUT2D eigenvalue weighted by molar-refractivity contribution is 7.17. The Labute approximate surface area is 140 Å².